The number of nitrogens with one attached hydrogen (secondary N) is 1. The minimum absolute atomic E-state index is 0.0347. The minimum Gasteiger partial charge on any atom is -0.371 e. The summed E-state index contributed by atoms with van der Waals surface area (Å²) in [5.74, 6) is -2.80. The molecule has 6 heterocycles. The second-order valence-corrected chi connectivity index (χ2v) is 17.1. The molecular formula is C43H45ClF2N6O4. The highest BCUT2D eigenvalue weighted by Gasteiger charge is 2.40. The molecule has 13 heteroatoms. The fraction of sp³-hybridized carbons (Fsp3) is 0.465. The van der Waals surface area contributed by atoms with Crippen LogP contribution in [-0.4, -0.2) is 82.4 Å². The van der Waals surface area contributed by atoms with E-state index in [1.807, 2.05) is 21.9 Å². The van der Waals surface area contributed by atoms with Crippen LogP contribution in [0.15, 0.2) is 53.3 Å². The number of aromatic nitrogens is 2. The summed E-state index contributed by atoms with van der Waals surface area (Å²) < 4.78 is 32.6. The van der Waals surface area contributed by atoms with E-state index in [2.05, 4.69) is 51.8 Å². The molecular weight excluding hydrogens is 738 g/mol. The van der Waals surface area contributed by atoms with Gasteiger partial charge < -0.3 is 14.7 Å². The Balaban J connectivity index is 0.803. The third kappa shape index (κ3) is 6.20. The number of nitrogens with zero attached hydrogens (tertiary/aromatic N) is 5. The number of likely N-dealkylation sites (tertiary alicyclic amines) is 2. The zero-order valence-electron chi connectivity index (χ0n) is 31.6. The van der Waals surface area contributed by atoms with Crippen molar-refractivity contribution in [2.75, 3.05) is 44.2 Å². The number of amides is 3. The quantitative estimate of drug-likeness (QED) is 0.241. The van der Waals surface area contributed by atoms with Crippen LogP contribution in [0.25, 0.3) is 16.6 Å². The summed E-state index contributed by atoms with van der Waals surface area (Å²) in [6, 6.07) is 15.2. The molecule has 1 aromatic heterocycles. The fourth-order valence-electron chi connectivity index (χ4n) is 10.1. The molecule has 5 aliphatic heterocycles. The Kier molecular flexibility index (Phi) is 9.27. The SMILES string of the molecule is CC1(C)c2ccc(C3CCN(C4CCN(C(=O)[C@@H]5CCN(c6cc(F)c(C7CCC(=O)NC7=O)c(F)c6)C5)CC4)CC3)cc2-n2c1nc(=O)c1c(Cl)cccc12. The highest BCUT2D eigenvalue weighted by molar-refractivity contribution is 6.35. The average Bonchev–Trinajstić information content (AvgIpc) is 3.76. The summed E-state index contributed by atoms with van der Waals surface area (Å²) in [6.45, 7) is 8.49. The molecule has 10 nitrogen and oxygen atoms in total. The Morgan fingerprint density at radius 2 is 1.62 bits per heavy atom. The summed E-state index contributed by atoms with van der Waals surface area (Å²) in [5, 5.41) is 3.03. The lowest BCUT2D eigenvalue weighted by molar-refractivity contribution is -0.137. The standard InChI is InChI=1S/C43H45ClF2N6O4/c1-43(2)30-8-6-25(20-35(30)52-34-5-3-4-31(44)38(34)40(55)48-42(43)52)24-10-15-49(16-11-24)27-13-18-50(19-14-27)41(56)26-12-17-51(23-26)28-21-32(45)37(33(46)22-28)29-7-9-36(53)47-39(29)54/h3-6,8,20-22,24,26-27,29H,7,9-19,23H2,1-2H3,(H,47,53,54)/t26-,29?/m1/s1. The van der Waals surface area contributed by atoms with Gasteiger partial charge in [-0.15, -0.1) is 0 Å². The molecule has 3 aromatic carbocycles. The fourth-order valence-corrected chi connectivity index (χ4v) is 10.3. The lowest BCUT2D eigenvalue weighted by atomic mass is 9.82. The minimum atomic E-state index is -1.05. The van der Waals surface area contributed by atoms with E-state index in [1.54, 1.807) is 6.07 Å². The molecule has 2 atom stereocenters. The first kappa shape index (κ1) is 36.9. The molecule has 0 saturated carbocycles. The van der Waals surface area contributed by atoms with Gasteiger partial charge in [-0.05, 0) is 113 Å². The molecule has 0 radical (unpaired) electrons. The Morgan fingerprint density at radius 1 is 0.893 bits per heavy atom. The molecule has 292 valence electrons. The Hall–Kier alpha value is -4.68. The van der Waals surface area contributed by atoms with Crippen LogP contribution in [0.4, 0.5) is 14.5 Å². The predicted octanol–water partition coefficient (Wildman–Crippen LogP) is 6.17. The van der Waals surface area contributed by atoms with E-state index < -0.39 is 34.8 Å². The van der Waals surface area contributed by atoms with E-state index in [4.69, 9.17) is 11.6 Å². The molecule has 9 rings (SSSR count). The Morgan fingerprint density at radius 3 is 2.34 bits per heavy atom. The predicted molar refractivity (Wildman–Crippen MR) is 209 cm³/mol. The first-order valence-electron chi connectivity index (χ1n) is 19.9. The zero-order valence-corrected chi connectivity index (χ0v) is 32.4. The van der Waals surface area contributed by atoms with Gasteiger partial charge in [-0.2, -0.15) is 4.98 Å². The van der Waals surface area contributed by atoms with Gasteiger partial charge in [0.25, 0.3) is 5.56 Å². The third-order valence-corrected chi connectivity index (χ3v) is 13.5. The van der Waals surface area contributed by atoms with Crippen LogP contribution < -0.4 is 15.8 Å². The van der Waals surface area contributed by atoms with E-state index in [9.17, 15) is 19.2 Å². The lowest BCUT2D eigenvalue weighted by Gasteiger charge is -2.42. The van der Waals surface area contributed by atoms with Crippen molar-refractivity contribution in [3.63, 3.8) is 0 Å². The highest BCUT2D eigenvalue weighted by atomic mass is 35.5. The molecule has 0 aliphatic carbocycles. The van der Waals surface area contributed by atoms with Crippen LogP contribution in [0.2, 0.25) is 5.02 Å². The van der Waals surface area contributed by atoms with Crippen molar-refractivity contribution in [3.05, 3.63) is 98.1 Å². The van der Waals surface area contributed by atoms with Crippen LogP contribution in [-0.2, 0) is 19.8 Å². The highest BCUT2D eigenvalue weighted by Crippen LogP contribution is 2.45. The summed E-state index contributed by atoms with van der Waals surface area (Å²) in [5.41, 5.74) is 3.61. The molecule has 4 aromatic rings. The maximum atomic E-state index is 15.2. The largest absolute Gasteiger partial charge is 0.371 e. The maximum absolute atomic E-state index is 15.2. The maximum Gasteiger partial charge on any atom is 0.282 e. The molecule has 1 N–H and O–H groups in total. The second-order valence-electron chi connectivity index (χ2n) is 16.7. The Bertz CT molecular complexity index is 2330. The molecule has 0 spiro atoms. The normalized spacial score (nSPS) is 23.1. The van der Waals surface area contributed by atoms with Gasteiger partial charge in [0, 0.05) is 49.9 Å². The van der Waals surface area contributed by atoms with Gasteiger partial charge in [0.15, 0.2) is 0 Å². The number of hydrogen-bond donors (Lipinski definition) is 1. The van der Waals surface area contributed by atoms with E-state index in [0.717, 1.165) is 61.4 Å². The smallest absolute Gasteiger partial charge is 0.282 e. The molecule has 1 unspecified atom stereocenters. The molecule has 56 heavy (non-hydrogen) atoms. The number of anilines is 1. The number of benzene rings is 3. The van der Waals surface area contributed by atoms with Crippen molar-refractivity contribution < 1.29 is 23.2 Å². The topological polar surface area (TPSA) is 108 Å². The molecule has 4 saturated heterocycles. The van der Waals surface area contributed by atoms with Crippen LogP contribution in [0.1, 0.15) is 93.1 Å². The van der Waals surface area contributed by atoms with E-state index in [1.165, 1.54) is 17.7 Å². The monoisotopic (exact) mass is 782 g/mol. The summed E-state index contributed by atoms with van der Waals surface area (Å²) >= 11 is 6.49. The number of carbonyl (C=O) groups excluding carboxylic acids is 3. The zero-order chi connectivity index (χ0) is 39.0. The van der Waals surface area contributed by atoms with Gasteiger partial charge in [0.2, 0.25) is 17.7 Å². The van der Waals surface area contributed by atoms with Crippen molar-refractivity contribution in [3.8, 4) is 5.69 Å². The molecule has 5 aliphatic rings. The molecule has 0 bridgehead atoms. The third-order valence-electron chi connectivity index (χ3n) is 13.2. The number of piperidine rings is 3. The van der Waals surface area contributed by atoms with Gasteiger partial charge >= 0.3 is 0 Å². The van der Waals surface area contributed by atoms with E-state index in [-0.39, 0.29) is 35.8 Å². The first-order chi connectivity index (χ1) is 26.9. The van der Waals surface area contributed by atoms with Gasteiger partial charge in [0.1, 0.15) is 17.5 Å². The summed E-state index contributed by atoms with van der Waals surface area (Å²) in [4.78, 5) is 61.5. The number of rotatable bonds is 5. The van der Waals surface area contributed by atoms with Crippen molar-refractivity contribution in [2.45, 2.75) is 82.1 Å². The van der Waals surface area contributed by atoms with Crippen LogP contribution in [0.5, 0.6) is 0 Å². The van der Waals surface area contributed by atoms with Crippen molar-refractivity contribution in [1.29, 1.82) is 0 Å². The Labute approximate surface area is 328 Å². The average molecular weight is 783 g/mol. The molecule has 4 fully saturated rings. The first-order valence-corrected chi connectivity index (χ1v) is 20.2. The van der Waals surface area contributed by atoms with Crippen molar-refractivity contribution in [2.24, 2.45) is 5.92 Å². The van der Waals surface area contributed by atoms with Crippen molar-refractivity contribution in [1.82, 2.24) is 24.7 Å². The number of imide groups is 1. The van der Waals surface area contributed by atoms with Crippen LogP contribution in [0.3, 0.4) is 0 Å². The van der Waals surface area contributed by atoms with Gasteiger partial charge in [-0.1, -0.05) is 29.8 Å². The van der Waals surface area contributed by atoms with E-state index >= 15 is 8.78 Å². The molecule has 3 amide bonds. The van der Waals surface area contributed by atoms with Crippen molar-refractivity contribution >= 4 is 45.9 Å². The number of halogens is 3. The second kappa shape index (κ2) is 14.1. The van der Waals surface area contributed by atoms with Crippen LogP contribution in [0, 0.1) is 17.6 Å². The lowest BCUT2D eigenvalue weighted by Crippen LogP contribution is -2.50. The van der Waals surface area contributed by atoms with Gasteiger partial charge in [-0.3, -0.25) is 29.1 Å². The summed E-state index contributed by atoms with van der Waals surface area (Å²) in [6.07, 6.45) is 4.61. The van der Waals surface area contributed by atoms with Gasteiger partial charge in [0.05, 0.1) is 38.9 Å². The van der Waals surface area contributed by atoms with Crippen LogP contribution >= 0.6 is 11.6 Å². The summed E-state index contributed by atoms with van der Waals surface area (Å²) in [7, 11) is 0. The number of fused-ring (bicyclic) bond motifs is 5. The van der Waals surface area contributed by atoms with E-state index in [0.29, 0.717) is 60.7 Å². The van der Waals surface area contributed by atoms with Gasteiger partial charge in [-0.25, -0.2) is 8.78 Å². The number of carbonyl (C=O) groups is 3. The number of hydrogen-bond acceptors (Lipinski definition) is 7.